The van der Waals surface area contributed by atoms with Gasteiger partial charge in [-0.15, -0.1) is 0 Å². The second-order valence-corrected chi connectivity index (χ2v) is 6.91. The third-order valence-electron chi connectivity index (χ3n) is 5.26. The Hall–Kier alpha value is -2.15. The zero-order valence-corrected chi connectivity index (χ0v) is 16.2. The Morgan fingerprint density at radius 1 is 1.31 bits per heavy atom. The fraction of sp³-hybridized carbons (Fsp3) is 0.632. The van der Waals surface area contributed by atoms with E-state index >= 15 is 0 Å². The predicted molar refractivity (Wildman–Crippen MR) is 95.5 cm³/mol. The fourth-order valence-corrected chi connectivity index (χ4v) is 3.76. The highest BCUT2D eigenvalue weighted by atomic mass is 16.5. The number of likely N-dealkylation sites (tertiary alicyclic amines) is 1. The molecule has 0 saturated carbocycles. The lowest BCUT2D eigenvalue weighted by molar-refractivity contribution is -0.920. The molecular weight excluding hydrogens is 336 g/mol. The molecule has 1 aromatic heterocycles. The average molecular weight is 365 g/mol. The average Bonchev–Trinajstić information content (AvgIpc) is 2.94. The molecule has 2 heterocycles. The van der Waals surface area contributed by atoms with Crippen LogP contribution in [0.2, 0.25) is 0 Å². The van der Waals surface area contributed by atoms with E-state index in [4.69, 9.17) is 9.47 Å². The molecule has 2 rings (SSSR count). The van der Waals surface area contributed by atoms with Gasteiger partial charge in [0.2, 0.25) is 5.78 Å². The van der Waals surface area contributed by atoms with Gasteiger partial charge in [-0.3, -0.25) is 9.59 Å². The van der Waals surface area contributed by atoms with Crippen LogP contribution in [0.1, 0.15) is 58.8 Å². The topological polar surface area (TPSA) is 89.9 Å². The molecule has 1 aliphatic rings. The van der Waals surface area contributed by atoms with Gasteiger partial charge >= 0.3 is 11.9 Å². The van der Waals surface area contributed by atoms with Crippen molar-refractivity contribution in [2.45, 2.75) is 46.6 Å². The number of carbonyl (C=O) groups is 3. The summed E-state index contributed by atoms with van der Waals surface area (Å²) in [5.74, 6) is -0.841. The number of Topliss-reactive ketones (excluding diaryl/α,β-unsaturated/α-hetero) is 1. The molecule has 0 bridgehead atoms. The van der Waals surface area contributed by atoms with Crippen LogP contribution in [-0.2, 0) is 14.3 Å². The number of rotatable bonds is 6. The molecular formula is C19H29N2O5+. The number of ketones is 1. The minimum absolute atomic E-state index is 0.0553. The molecule has 0 aliphatic carbocycles. The maximum atomic E-state index is 13.0. The number of esters is 2. The van der Waals surface area contributed by atoms with E-state index < -0.39 is 5.97 Å². The number of nitrogens with one attached hydrogen (secondary N) is 2. The third kappa shape index (κ3) is 3.98. The summed E-state index contributed by atoms with van der Waals surface area (Å²) in [4.78, 5) is 41.1. The van der Waals surface area contributed by atoms with Gasteiger partial charge in [0.05, 0.1) is 38.1 Å². The van der Waals surface area contributed by atoms with Gasteiger partial charge in [-0.2, -0.15) is 0 Å². The van der Waals surface area contributed by atoms with Gasteiger partial charge in [0.1, 0.15) is 5.92 Å². The van der Waals surface area contributed by atoms with Crippen LogP contribution in [0, 0.1) is 19.8 Å². The smallest absolute Gasteiger partial charge is 0.339 e. The molecule has 1 fully saturated rings. The molecule has 3 atom stereocenters. The normalized spacial score (nSPS) is 21.1. The zero-order chi connectivity index (χ0) is 19.4. The number of aromatic nitrogens is 1. The highest BCUT2D eigenvalue weighted by Gasteiger charge is 2.36. The summed E-state index contributed by atoms with van der Waals surface area (Å²) in [5.41, 5.74) is 2.11. The van der Waals surface area contributed by atoms with Crippen molar-refractivity contribution in [3.8, 4) is 0 Å². The molecule has 1 saturated heterocycles. The quantitative estimate of drug-likeness (QED) is 0.576. The Morgan fingerprint density at radius 2 is 2.00 bits per heavy atom. The number of aromatic amines is 1. The van der Waals surface area contributed by atoms with Crippen molar-refractivity contribution in [1.82, 2.24) is 4.98 Å². The van der Waals surface area contributed by atoms with Gasteiger partial charge < -0.3 is 19.4 Å². The molecule has 0 radical (unpaired) electrons. The number of methoxy groups -OCH3 is 1. The number of hydrogen-bond donors (Lipinski definition) is 2. The van der Waals surface area contributed by atoms with Gasteiger partial charge in [0.25, 0.3) is 0 Å². The highest BCUT2D eigenvalue weighted by molar-refractivity contribution is 6.03. The van der Waals surface area contributed by atoms with Crippen molar-refractivity contribution < 1.29 is 28.8 Å². The molecule has 7 heteroatoms. The van der Waals surface area contributed by atoms with Crippen molar-refractivity contribution in [3.63, 3.8) is 0 Å². The highest BCUT2D eigenvalue weighted by Crippen LogP contribution is 2.20. The molecule has 0 amide bonds. The van der Waals surface area contributed by atoms with Crippen LogP contribution in [0.5, 0.6) is 0 Å². The largest absolute Gasteiger partial charge is 0.466 e. The molecule has 0 aromatic carbocycles. The standard InChI is InChI=1S/C19H28N2O5/c1-6-26-18(23)14-8-7-9-21(10-14)13(4)17(22)16-11(2)15(12(3)20-16)19(24)25-5/h13-14,20H,6-10H2,1-5H3/p+1/t13-,14-/m0/s1. The summed E-state index contributed by atoms with van der Waals surface area (Å²) in [6.45, 7) is 8.98. The van der Waals surface area contributed by atoms with E-state index in [0.717, 1.165) is 24.3 Å². The van der Waals surface area contributed by atoms with Crippen LogP contribution >= 0.6 is 0 Å². The van der Waals surface area contributed by atoms with Crippen molar-refractivity contribution in [1.29, 1.82) is 0 Å². The van der Waals surface area contributed by atoms with Gasteiger partial charge in [-0.1, -0.05) is 0 Å². The number of H-pyrrole nitrogens is 1. The summed E-state index contributed by atoms with van der Waals surface area (Å²) >= 11 is 0. The van der Waals surface area contributed by atoms with E-state index in [1.54, 1.807) is 20.8 Å². The van der Waals surface area contributed by atoms with Crippen LogP contribution < -0.4 is 4.90 Å². The minimum Gasteiger partial charge on any atom is -0.466 e. The van der Waals surface area contributed by atoms with Crippen LogP contribution in [0.15, 0.2) is 0 Å². The molecule has 144 valence electrons. The van der Waals surface area contributed by atoms with Crippen LogP contribution in [0.4, 0.5) is 0 Å². The van der Waals surface area contributed by atoms with Gasteiger partial charge in [-0.05, 0) is 46.1 Å². The maximum absolute atomic E-state index is 13.0. The van der Waals surface area contributed by atoms with E-state index in [9.17, 15) is 14.4 Å². The molecule has 0 spiro atoms. The summed E-state index contributed by atoms with van der Waals surface area (Å²) < 4.78 is 9.94. The summed E-state index contributed by atoms with van der Waals surface area (Å²) in [5, 5.41) is 0. The lowest BCUT2D eigenvalue weighted by Crippen LogP contribution is -3.18. The monoisotopic (exact) mass is 365 g/mol. The van der Waals surface area contributed by atoms with Crippen molar-refractivity contribution in [2.75, 3.05) is 26.8 Å². The first-order chi connectivity index (χ1) is 12.3. The van der Waals surface area contributed by atoms with E-state index in [2.05, 4.69) is 4.98 Å². The lowest BCUT2D eigenvalue weighted by Gasteiger charge is -2.32. The summed E-state index contributed by atoms with van der Waals surface area (Å²) in [6.07, 6.45) is 1.68. The Kier molecular flexibility index (Phi) is 6.58. The first-order valence-corrected chi connectivity index (χ1v) is 9.14. The molecule has 1 aromatic rings. The summed E-state index contributed by atoms with van der Waals surface area (Å²) in [6, 6.07) is -0.311. The van der Waals surface area contributed by atoms with E-state index in [0.29, 0.717) is 35.7 Å². The maximum Gasteiger partial charge on any atom is 0.339 e. The van der Waals surface area contributed by atoms with E-state index in [1.165, 1.54) is 7.11 Å². The van der Waals surface area contributed by atoms with Crippen LogP contribution in [0.3, 0.4) is 0 Å². The second kappa shape index (κ2) is 8.49. The fourth-order valence-electron chi connectivity index (χ4n) is 3.76. The van der Waals surface area contributed by atoms with Crippen LogP contribution in [-0.4, -0.2) is 55.6 Å². The Balaban J connectivity index is 2.17. The molecule has 1 unspecified atom stereocenters. The van der Waals surface area contributed by atoms with Crippen molar-refractivity contribution in [3.05, 3.63) is 22.5 Å². The Labute approximate surface area is 154 Å². The van der Waals surface area contributed by atoms with Crippen LogP contribution in [0.25, 0.3) is 0 Å². The molecule has 7 nitrogen and oxygen atoms in total. The number of ether oxygens (including phenoxy) is 2. The predicted octanol–water partition coefficient (Wildman–Crippen LogP) is 0.847. The number of hydrogen-bond acceptors (Lipinski definition) is 5. The first kappa shape index (κ1) is 20.2. The Morgan fingerprint density at radius 3 is 2.62 bits per heavy atom. The molecule has 26 heavy (non-hydrogen) atoms. The number of piperidine rings is 1. The number of aryl methyl sites for hydroxylation is 1. The van der Waals surface area contributed by atoms with Gasteiger partial charge in [0, 0.05) is 5.69 Å². The molecule has 1 aliphatic heterocycles. The minimum atomic E-state index is -0.448. The summed E-state index contributed by atoms with van der Waals surface area (Å²) in [7, 11) is 1.33. The SMILES string of the molecule is CCOC(=O)[C@H]1CCC[NH+]([C@@H](C)C(=O)c2[nH]c(C)c(C(=O)OC)c2C)C1. The molecule has 2 N–H and O–H groups in total. The van der Waals surface area contributed by atoms with Crippen molar-refractivity contribution in [2.24, 2.45) is 5.92 Å². The van der Waals surface area contributed by atoms with E-state index in [1.807, 2.05) is 6.92 Å². The number of quaternary nitrogens is 1. The zero-order valence-electron chi connectivity index (χ0n) is 16.2. The second-order valence-electron chi connectivity index (χ2n) is 6.91. The van der Waals surface area contributed by atoms with Crippen molar-refractivity contribution >= 4 is 17.7 Å². The van der Waals surface area contributed by atoms with Gasteiger partial charge in [0.15, 0.2) is 6.04 Å². The third-order valence-corrected chi connectivity index (χ3v) is 5.26. The first-order valence-electron chi connectivity index (χ1n) is 9.14. The van der Waals surface area contributed by atoms with E-state index in [-0.39, 0.29) is 23.7 Å². The Bertz CT molecular complexity index is 694. The lowest BCUT2D eigenvalue weighted by atomic mass is 9.95. The number of carbonyl (C=O) groups excluding carboxylic acids is 3. The van der Waals surface area contributed by atoms with Gasteiger partial charge in [-0.25, -0.2) is 4.79 Å².